The van der Waals surface area contributed by atoms with Crippen LogP contribution in [-0.2, 0) is 0 Å². The number of hydrogen-bond acceptors (Lipinski definition) is 8. The summed E-state index contributed by atoms with van der Waals surface area (Å²) in [7, 11) is 3.56. The molecule has 3 N–H and O–H groups in total. The van der Waals surface area contributed by atoms with Crippen LogP contribution in [0, 0.1) is 11.7 Å². The van der Waals surface area contributed by atoms with Gasteiger partial charge >= 0.3 is 0 Å². The SMILES string of the molecule is CCC(CNc1nc(NCC2CCCCC2)nc(Nc2ccc(OC)c(F)c2)n1)N(C)CC. The summed E-state index contributed by atoms with van der Waals surface area (Å²) in [5.41, 5.74) is 0.542. The first kappa shape index (κ1) is 25.0. The summed E-state index contributed by atoms with van der Waals surface area (Å²) in [6.07, 6.45) is 7.39. The average molecular weight is 460 g/mol. The van der Waals surface area contributed by atoms with Crippen LogP contribution in [0.15, 0.2) is 18.2 Å². The van der Waals surface area contributed by atoms with Gasteiger partial charge in [0.1, 0.15) is 0 Å². The Morgan fingerprint density at radius 1 is 1.06 bits per heavy atom. The van der Waals surface area contributed by atoms with E-state index >= 15 is 0 Å². The van der Waals surface area contributed by atoms with Crippen LogP contribution in [-0.4, -0.2) is 59.7 Å². The molecule has 9 heteroatoms. The topological polar surface area (TPSA) is 87.2 Å². The minimum Gasteiger partial charge on any atom is -0.494 e. The van der Waals surface area contributed by atoms with Gasteiger partial charge in [0, 0.05) is 30.9 Å². The van der Waals surface area contributed by atoms with Crippen molar-refractivity contribution in [2.45, 2.75) is 58.4 Å². The first-order chi connectivity index (χ1) is 16.0. The van der Waals surface area contributed by atoms with Crippen molar-refractivity contribution in [3.05, 3.63) is 24.0 Å². The second-order valence-electron chi connectivity index (χ2n) is 8.68. The number of rotatable bonds is 12. The Morgan fingerprint density at radius 3 is 2.39 bits per heavy atom. The lowest BCUT2D eigenvalue weighted by atomic mass is 9.89. The van der Waals surface area contributed by atoms with E-state index in [1.807, 2.05) is 0 Å². The van der Waals surface area contributed by atoms with Gasteiger partial charge in [-0.25, -0.2) is 4.39 Å². The van der Waals surface area contributed by atoms with Crippen molar-refractivity contribution < 1.29 is 9.13 Å². The highest BCUT2D eigenvalue weighted by atomic mass is 19.1. The molecule has 0 radical (unpaired) electrons. The molecule has 1 fully saturated rings. The zero-order valence-corrected chi connectivity index (χ0v) is 20.3. The van der Waals surface area contributed by atoms with E-state index in [2.05, 4.69) is 56.7 Å². The number of hydrogen-bond donors (Lipinski definition) is 3. The third-order valence-corrected chi connectivity index (χ3v) is 6.41. The maximum Gasteiger partial charge on any atom is 0.233 e. The fourth-order valence-corrected chi connectivity index (χ4v) is 4.17. The molecule has 3 rings (SSSR count). The molecule has 1 heterocycles. The molecule has 0 amide bonds. The minimum atomic E-state index is -0.445. The van der Waals surface area contributed by atoms with Gasteiger partial charge in [-0.2, -0.15) is 15.0 Å². The molecule has 182 valence electrons. The number of anilines is 4. The molecular weight excluding hydrogens is 421 g/mol. The molecule has 1 aromatic heterocycles. The Bertz CT molecular complexity index is 876. The van der Waals surface area contributed by atoms with Crippen molar-refractivity contribution in [1.29, 1.82) is 0 Å². The molecular formula is C24H38FN7O. The van der Waals surface area contributed by atoms with Crippen molar-refractivity contribution >= 4 is 23.5 Å². The standard InChI is InChI=1S/C24H38FN7O/c1-5-19(32(3)6-2)16-27-23-29-22(26-15-17-10-8-7-9-11-17)30-24(31-23)28-18-12-13-21(33-4)20(25)14-18/h12-14,17,19H,5-11,15-16H2,1-4H3,(H3,26,27,28,29,30,31). The lowest BCUT2D eigenvalue weighted by Crippen LogP contribution is -2.37. The molecule has 0 bridgehead atoms. The molecule has 1 aliphatic rings. The summed E-state index contributed by atoms with van der Waals surface area (Å²) in [6.45, 7) is 6.87. The summed E-state index contributed by atoms with van der Waals surface area (Å²) in [4.78, 5) is 16.0. The lowest BCUT2D eigenvalue weighted by molar-refractivity contribution is 0.257. The number of ether oxygens (including phenoxy) is 1. The fourth-order valence-electron chi connectivity index (χ4n) is 4.17. The summed E-state index contributed by atoms with van der Waals surface area (Å²) in [5, 5.41) is 9.87. The maximum absolute atomic E-state index is 14.1. The molecule has 1 unspecified atom stereocenters. The van der Waals surface area contributed by atoms with E-state index in [-0.39, 0.29) is 5.75 Å². The summed E-state index contributed by atoms with van der Waals surface area (Å²) < 4.78 is 19.2. The molecule has 1 aromatic carbocycles. The normalized spacial score (nSPS) is 15.3. The van der Waals surface area contributed by atoms with Gasteiger partial charge in [0.05, 0.1) is 7.11 Å². The fraction of sp³-hybridized carbons (Fsp3) is 0.625. The van der Waals surface area contributed by atoms with E-state index in [9.17, 15) is 4.39 Å². The highest BCUT2D eigenvalue weighted by Gasteiger charge is 2.16. The van der Waals surface area contributed by atoms with Crippen LogP contribution in [0.5, 0.6) is 5.75 Å². The predicted octanol–water partition coefficient (Wildman–Crippen LogP) is 4.90. The minimum absolute atomic E-state index is 0.194. The van der Waals surface area contributed by atoms with E-state index in [1.165, 1.54) is 45.3 Å². The van der Waals surface area contributed by atoms with Gasteiger partial charge in [0.15, 0.2) is 11.6 Å². The van der Waals surface area contributed by atoms with Gasteiger partial charge in [-0.15, -0.1) is 0 Å². The Labute approximate surface area is 196 Å². The molecule has 0 aliphatic heterocycles. The van der Waals surface area contributed by atoms with Crippen molar-refractivity contribution in [1.82, 2.24) is 19.9 Å². The highest BCUT2D eigenvalue weighted by Crippen LogP contribution is 2.25. The number of halogens is 1. The number of aromatic nitrogens is 3. The molecule has 0 spiro atoms. The first-order valence-electron chi connectivity index (χ1n) is 12.1. The zero-order chi connectivity index (χ0) is 23.6. The number of nitrogens with one attached hydrogen (secondary N) is 3. The second-order valence-corrected chi connectivity index (χ2v) is 8.68. The Balaban J connectivity index is 1.76. The maximum atomic E-state index is 14.1. The molecule has 2 aromatic rings. The van der Waals surface area contributed by atoms with Gasteiger partial charge in [0.25, 0.3) is 0 Å². The van der Waals surface area contributed by atoms with Crippen LogP contribution in [0.4, 0.5) is 27.9 Å². The predicted molar refractivity (Wildman–Crippen MR) is 132 cm³/mol. The van der Waals surface area contributed by atoms with Crippen LogP contribution < -0.4 is 20.7 Å². The number of methoxy groups -OCH3 is 1. The van der Waals surface area contributed by atoms with Crippen LogP contribution in [0.3, 0.4) is 0 Å². The van der Waals surface area contributed by atoms with Crippen LogP contribution in [0.25, 0.3) is 0 Å². The molecule has 33 heavy (non-hydrogen) atoms. The van der Waals surface area contributed by atoms with Crippen LogP contribution >= 0.6 is 0 Å². The van der Waals surface area contributed by atoms with Crippen LogP contribution in [0.2, 0.25) is 0 Å². The number of benzene rings is 1. The third-order valence-electron chi connectivity index (χ3n) is 6.41. The molecule has 1 aliphatic carbocycles. The van der Waals surface area contributed by atoms with E-state index < -0.39 is 5.82 Å². The monoisotopic (exact) mass is 459 g/mol. The molecule has 8 nitrogen and oxygen atoms in total. The molecule has 1 saturated carbocycles. The van der Waals surface area contributed by atoms with Crippen LogP contribution in [0.1, 0.15) is 52.4 Å². The van der Waals surface area contributed by atoms with E-state index in [1.54, 1.807) is 12.1 Å². The lowest BCUT2D eigenvalue weighted by Gasteiger charge is -2.26. The summed E-state index contributed by atoms with van der Waals surface area (Å²) in [5.74, 6) is 1.77. The Kier molecular flexibility index (Phi) is 9.47. The van der Waals surface area contributed by atoms with Gasteiger partial charge in [-0.1, -0.05) is 33.1 Å². The van der Waals surface area contributed by atoms with Gasteiger partial charge in [-0.05, 0) is 50.9 Å². The van der Waals surface area contributed by atoms with Crippen molar-refractivity contribution in [3.8, 4) is 5.75 Å². The van der Waals surface area contributed by atoms with Crippen molar-refractivity contribution in [2.24, 2.45) is 5.92 Å². The summed E-state index contributed by atoms with van der Waals surface area (Å²) >= 11 is 0. The average Bonchev–Trinajstić information content (AvgIpc) is 2.83. The Hall–Kier alpha value is -2.68. The highest BCUT2D eigenvalue weighted by molar-refractivity contribution is 5.57. The second kappa shape index (κ2) is 12.5. The number of likely N-dealkylation sites (N-methyl/N-ethyl adjacent to an activating group) is 1. The van der Waals surface area contributed by atoms with E-state index in [4.69, 9.17) is 4.74 Å². The number of nitrogens with zero attached hydrogens (tertiary/aromatic N) is 4. The van der Waals surface area contributed by atoms with Crippen molar-refractivity contribution in [2.75, 3.05) is 49.7 Å². The summed E-state index contributed by atoms with van der Waals surface area (Å²) in [6, 6.07) is 5.05. The van der Waals surface area contributed by atoms with Gasteiger partial charge in [0.2, 0.25) is 17.8 Å². The van der Waals surface area contributed by atoms with E-state index in [0.29, 0.717) is 35.5 Å². The van der Waals surface area contributed by atoms with Gasteiger partial charge in [-0.3, -0.25) is 0 Å². The third kappa shape index (κ3) is 7.42. The smallest absolute Gasteiger partial charge is 0.233 e. The first-order valence-corrected chi connectivity index (χ1v) is 12.1. The zero-order valence-electron chi connectivity index (χ0n) is 20.3. The largest absolute Gasteiger partial charge is 0.494 e. The quantitative estimate of drug-likeness (QED) is 0.413. The molecule has 1 atom stereocenters. The Morgan fingerprint density at radius 2 is 1.76 bits per heavy atom. The van der Waals surface area contributed by atoms with E-state index in [0.717, 1.165) is 26.1 Å². The van der Waals surface area contributed by atoms with Gasteiger partial charge < -0.3 is 25.6 Å². The molecule has 0 saturated heterocycles. The van der Waals surface area contributed by atoms with Crippen molar-refractivity contribution in [3.63, 3.8) is 0 Å².